The second kappa shape index (κ2) is 7.08. The highest BCUT2D eigenvalue weighted by molar-refractivity contribution is 6.36. The number of esters is 1. The first-order chi connectivity index (χ1) is 11.9. The van der Waals surface area contributed by atoms with Gasteiger partial charge in [0.25, 0.3) is 5.91 Å². The number of carbonyl (C=O) groups is 2. The van der Waals surface area contributed by atoms with Crippen LogP contribution in [0.1, 0.15) is 41.7 Å². The van der Waals surface area contributed by atoms with Gasteiger partial charge in [0.05, 0.1) is 18.1 Å². The van der Waals surface area contributed by atoms with E-state index in [1.54, 1.807) is 0 Å². The molecule has 1 aliphatic rings. The van der Waals surface area contributed by atoms with Crippen LogP contribution in [0.2, 0.25) is 5.02 Å². The third-order valence-electron chi connectivity index (χ3n) is 5.13. The van der Waals surface area contributed by atoms with E-state index in [-0.39, 0.29) is 23.8 Å². The van der Waals surface area contributed by atoms with Gasteiger partial charge >= 0.3 is 5.97 Å². The Bertz CT molecular complexity index is 828. The fraction of sp³-hybridized carbons (Fsp3) is 0.474. The number of amides is 1. The third-order valence-corrected chi connectivity index (χ3v) is 5.63. The molecule has 5 nitrogen and oxygen atoms in total. The summed E-state index contributed by atoms with van der Waals surface area (Å²) in [4.78, 5) is 24.5. The van der Waals surface area contributed by atoms with Crippen LogP contribution in [0.15, 0.2) is 18.2 Å². The molecule has 134 valence electrons. The van der Waals surface area contributed by atoms with Crippen LogP contribution in [-0.4, -0.2) is 29.6 Å². The van der Waals surface area contributed by atoms with Crippen LogP contribution in [0.4, 0.5) is 0 Å². The minimum Gasteiger partial charge on any atom is -0.469 e. The fourth-order valence-corrected chi connectivity index (χ4v) is 3.88. The van der Waals surface area contributed by atoms with Gasteiger partial charge in [-0.15, -0.1) is 0 Å². The van der Waals surface area contributed by atoms with E-state index in [2.05, 4.69) is 5.32 Å². The van der Waals surface area contributed by atoms with Crippen LogP contribution in [-0.2, 0) is 16.6 Å². The molecule has 2 aromatic rings. The maximum absolute atomic E-state index is 12.8. The van der Waals surface area contributed by atoms with Gasteiger partial charge in [0.2, 0.25) is 0 Å². The van der Waals surface area contributed by atoms with Crippen molar-refractivity contribution in [2.24, 2.45) is 13.0 Å². The van der Waals surface area contributed by atoms with E-state index in [1.165, 1.54) is 7.11 Å². The second-order valence-corrected chi connectivity index (χ2v) is 7.15. The first-order valence-electron chi connectivity index (χ1n) is 8.55. The lowest BCUT2D eigenvalue weighted by molar-refractivity contribution is -0.146. The number of aromatic nitrogens is 1. The fourth-order valence-electron chi connectivity index (χ4n) is 3.66. The zero-order chi connectivity index (χ0) is 18.1. The maximum atomic E-state index is 12.8. The lowest BCUT2D eigenvalue weighted by Gasteiger charge is -2.28. The van der Waals surface area contributed by atoms with Crippen molar-refractivity contribution >= 4 is 34.4 Å². The van der Waals surface area contributed by atoms with Gasteiger partial charge in [-0.2, -0.15) is 0 Å². The summed E-state index contributed by atoms with van der Waals surface area (Å²) in [6.45, 7) is 1.95. The van der Waals surface area contributed by atoms with Crippen LogP contribution in [0.25, 0.3) is 10.9 Å². The van der Waals surface area contributed by atoms with Crippen molar-refractivity contribution in [3.8, 4) is 0 Å². The summed E-state index contributed by atoms with van der Waals surface area (Å²) in [6, 6.07) is 5.75. The molecule has 0 radical (unpaired) electrons. The topological polar surface area (TPSA) is 60.3 Å². The number of hydrogen-bond donors (Lipinski definition) is 1. The summed E-state index contributed by atoms with van der Waals surface area (Å²) in [6.07, 6.45) is 3.23. The van der Waals surface area contributed by atoms with E-state index in [0.717, 1.165) is 35.7 Å². The summed E-state index contributed by atoms with van der Waals surface area (Å²) < 4.78 is 6.70. The van der Waals surface area contributed by atoms with Crippen molar-refractivity contribution in [1.82, 2.24) is 9.88 Å². The molecule has 25 heavy (non-hydrogen) atoms. The van der Waals surface area contributed by atoms with Crippen LogP contribution >= 0.6 is 11.6 Å². The highest BCUT2D eigenvalue weighted by atomic mass is 35.5. The van der Waals surface area contributed by atoms with E-state index in [9.17, 15) is 9.59 Å². The number of halogens is 1. The maximum Gasteiger partial charge on any atom is 0.308 e. The van der Waals surface area contributed by atoms with Crippen molar-refractivity contribution in [1.29, 1.82) is 0 Å². The molecule has 1 saturated carbocycles. The summed E-state index contributed by atoms with van der Waals surface area (Å²) >= 11 is 6.38. The molecule has 0 aliphatic heterocycles. The Labute approximate surface area is 152 Å². The number of ether oxygens (including phenoxy) is 1. The molecule has 0 saturated heterocycles. The monoisotopic (exact) mass is 362 g/mol. The largest absolute Gasteiger partial charge is 0.469 e. The molecule has 1 amide bonds. The zero-order valence-electron chi connectivity index (χ0n) is 14.8. The molecular weight excluding hydrogens is 340 g/mol. The van der Waals surface area contributed by atoms with Gasteiger partial charge in [-0.05, 0) is 43.9 Å². The first kappa shape index (κ1) is 17.8. The highest BCUT2D eigenvalue weighted by Gasteiger charge is 2.29. The lowest BCUT2D eigenvalue weighted by Crippen LogP contribution is -2.40. The van der Waals surface area contributed by atoms with Gasteiger partial charge in [0, 0.05) is 24.0 Å². The van der Waals surface area contributed by atoms with E-state index < -0.39 is 0 Å². The smallest absolute Gasteiger partial charge is 0.308 e. The van der Waals surface area contributed by atoms with Crippen molar-refractivity contribution in [2.45, 2.75) is 38.6 Å². The molecule has 2 unspecified atom stereocenters. The van der Waals surface area contributed by atoms with Gasteiger partial charge in [-0.1, -0.05) is 24.1 Å². The number of rotatable bonds is 3. The number of benzene rings is 1. The Morgan fingerprint density at radius 1 is 1.32 bits per heavy atom. The number of methoxy groups -OCH3 is 1. The number of aryl methyl sites for hydroxylation is 2. The summed E-state index contributed by atoms with van der Waals surface area (Å²) in [7, 11) is 3.27. The number of hydrogen-bond acceptors (Lipinski definition) is 3. The summed E-state index contributed by atoms with van der Waals surface area (Å²) in [5, 5.41) is 4.63. The van der Waals surface area contributed by atoms with Gasteiger partial charge in [-0.3, -0.25) is 9.59 Å². The van der Waals surface area contributed by atoms with Gasteiger partial charge < -0.3 is 14.6 Å². The molecule has 1 aromatic carbocycles. The molecule has 1 N–H and O–H groups in total. The van der Waals surface area contributed by atoms with Crippen LogP contribution < -0.4 is 5.32 Å². The summed E-state index contributed by atoms with van der Waals surface area (Å²) in [5.41, 5.74) is 2.49. The van der Waals surface area contributed by atoms with E-state index in [0.29, 0.717) is 17.1 Å². The lowest BCUT2D eigenvalue weighted by atomic mass is 9.85. The second-order valence-electron chi connectivity index (χ2n) is 6.77. The Morgan fingerprint density at radius 2 is 2.08 bits per heavy atom. The Hall–Kier alpha value is -2.01. The standard InChI is InChI=1S/C19H23ClN2O3/c1-11-7-8-15-14(17(11)20)10-16(22(15)2)18(23)21-13-6-4-5-12(9-13)19(24)25-3/h7-8,10,12-13H,4-6,9H2,1-3H3,(H,21,23). The minimum absolute atomic E-state index is 0.0134. The molecule has 1 aromatic heterocycles. The molecule has 1 fully saturated rings. The molecule has 0 bridgehead atoms. The third kappa shape index (κ3) is 3.38. The average Bonchev–Trinajstić information content (AvgIpc) is 2.95. The number of nitrogens with zero attached hydrogens (tertiary/aromatic N) is 1. The van der Waals surface area contributed by atoms with Crippen molar-refractivity contribution in [2.75, 3.05) is 7.11 Å². The van der Waals surface area contributed by atoms with Crippen molar-refractivity contribution in [3.63, 3.8) is 0 Å². The van der Waals surface area contributed by atoms with Crippen LogP contribution in [0.3, 0.4) is 0 Å². The zero-order valence-corrected chi connectivity index (χ0v) is 15.5. The quantitative estimate of drug-likeness (QED) is 0.848. The highest BCUT2D eigenvalue weighted by Crippen LogP contribution is 2.30. The molecule has 1 heterocycles. The average molecular weight is 363 g/mol. The van der Waals surface area contributed by atoms with Crippen molar-refractivity contribution in [3.05, 3.63) is 34.5 Å². The molecule has 2 atom stereocenters. The number of fused-ring (bicyclic) bond motifs is 1. The molecule has 1 aliphatic carbocycles. The first-order valence-corrected chi connectivity index (χ1v) is 8.93. The van der Waals surface area contributed by atoms with Crippen LogP contribution in [0, 0.1) is 12.8 Å². The number of nitrogens with one attached hydrogen (secondary N) is 1. The molecule has 6 heteroatoms. The Kier molecular flexibility index (Phi) is 5.04. The van der Waals surface area contributed by atoms with E-state index >= 15 is 0 Å². The number of carbonyl (C=O) groups excluding carboxylic acids is 2. The van der Waals surface area contributed by atoms with Crippen LogP contribution in [0.5, 0.6) is 0 Å². The Balaban J connectivity index is 1.79. The van der Waals surface area contributed by atoms with E-state index in [1.807, 2.05) is 36.7 Å². The van der Waals surface area contributed by atoms with Gasteiger partial charge in [0.1, 0.15) is 5.69 Å². The van der Waals surface area contributed by atoms with Gasteiger partial charge in [0.15, 0.2) is 0 Å². The minimum atomic E-state index is -0.189. The normalized spacial score (nSPS) is 20.5. The SMILES string of the molecule is COC(=O)C1CCCC(NC(=O)c2cc3c(Cl)c(C)ccc3n2C)C1. The molecule has 3 rings (SSSR count). The van der Waals surface area contributed by atoms with E-state index in [4.69, 9.17) is 16.3 Å². The predicted molar refractivity (Wildman–Crippen MR) is 97.9 cm³/mol. The summed E-state index contributed by atoms with van der Waals surface area (Å²) in [5.74, 6) is -0.456. The molecule has 0 spiro atoms. The van der Waals surface area contributed by atoms with Crippen molar-refractivity contribution < 1.29 is 14.3 Å². The Morgan fingerprint density at radius 3 is 2.80 bits per heavy atom. The molecular formula is C19H23ClN2O3. The van der Waals surface area contributed by atoms with Gasteiger partial charge in [-0.25, -0.2) is 0 Å². The predicted octanol–water partition coefficient (Wildman–Crippen LogP) is 3.60.